The molecule has 0 unspecified atom stereocenters. The summed E-state index contributed by atoms with van der Waals surface area (Å²) in [6.07, 6.45) is 0.969. The summed E-state index contributed by atoms with van der Waals surface area (Å²) < 4.78 is 6.36. The van der Waals surface area contributed by atoms with Gasteiger partial charge in [-0.25, -0.2) is 0 Å². The van der Waals surface area contributed by atoms with Crippen LogP contribution in [-0.4, -0.2) is 13.6 Å². The molecule has 0 fully saturated rings. The minimum Gasteiger partial charge on any atom is -0.484 e. The van der Waals surface area contributed by atoms with E-state index in [2.05, 4.69) is 70.8 Å². The summed E-state index contributed by atoms with van der Waals surface area (Å²) in [7, 11) is 1.88. The zero-order valence-electron chi connectivity index (χ0n) is 12.6. The predicted molar refractivity (Wildman–Crippen MR) is 93.3 cm³/mol. The fourth-order valence-electron chi connectivity index (χ4n) is 2.51. The first-order chi connectivity index (χ1) is 10.9. The fourth-order valence-corrected chi connectivity index (χ4v) is 3.30. The number of rotatable bonds is 7. The third-order valence-electron chi connectivity index (χ3n) is 3.59. The van der Waals surface area contributed by atoms with E-state index in [-0.39, 0.29) is 6.10 Å². The molecule has 3 aromatic rings. The van der Waals surface area contributed by atoms with Crippen molar-refractivity contribution in [2.75, 3.05) is 13.6 Å². The Kier molecular flexibility index (Phi) is 5.06. The van der Waals surface area contributed by atoms with Gasteiger partial charge >= 0.3 is 0 Å². The van der Waals surface area contributed by atoms with E-state index < -0.39 is 0 Å². The first-order valence-electron chi connectivity index (χ1n) is 7.46. The zero-order valence-corrected chi connectivity index (χ0v) is 13.4. The van der Waals surface area contributed by atoms with E-state index >= 15 is 0 Å². The van der Waals surface area contributed by atoms with Gasteiger partial charge in [-0.3, -0.25) is 10.9 Å². The molecule has 0 saturated heterocycles. The highest BCUT2D eigenvalue weighted by Crippen LogP contribution is 2.32. The van der Waals surface area contributed by atoms with Crippen LogP contribution < -0.4 is 15.6 Å². The largest absolute Gasteiger partial charge is 0.484 e. The molecule has 0 amide bonds. The van der Waals surface area contributed by atoms with Crippen molar-refractivity contribution in [2.24, 2.45) is 0 Å². The van der Waals surface area contributed by atoms with Crippen LogP contribution in [0.3, 0.4) is 0 Å². The van der Waals surface area contributed by atoms with Crippen LogP contribution in [0.2, 0.25) is 0 Å². The van der Waals surface area contributed by atoms with E-state index in [9.17, 15) is 0 Å². The maximum atomic E-state index is 6.36. The Labute approximate surface area is 134 Å². The van der Waals surface area contributed by atoms with Gasteiger partial charge in [-0.15, -0.1) is 11.3 Å². The summed E-state index contributed by atoms with van der Waals surface area (Å²) in [4.78, 5) is 1.26. The third kappa shape index (κ3) is 3.47. The molecule has 3 nitrogen and oxygen atoms in total. The van der Waals surface area contributed by atoms with Crippen LogP contribution in [0, 0.1) is 0 Å². The van der Waals surface area contributed by atoms with Crippen molar-refractivity contribution < 1.29 is 4.74 Å². The van der Waals surface area contributed by atoms with Crippen LogP contribution in [0.4, 0.5) is 0 Å². The molecule has 22 heavy (non-hydrogen) atoms. The number of benzene rings is 2. The van der Waals surface area contributed by atoms with Gasteiger partial charge in [0.1, 0.15) is 11.9 Å². The Balaban J connectivity index is 1.85. The van der Waals surface area contributed by atoms with Gasteiger partial charge in [-0.2, -0.15) is 0 Å². The Hall–Kier alpha value is -1.88. The molecule has 0 bridgehead atoms. The molecular weight excluding hydrogens is 292 g/mol. The van der Waals surface area contributed by atoms with Gasteiger partial charge in [0.25, 0.3) is 0 Å². The molecule has 2 aromatic carbocycles. The highest BCUT2D eigenvalue weighted by molar-refractivity contribution is 7.10. The Bertz CT molecular complexity index is 707. The van der Waals surface area contributed by atoms with E-state index in [1.54, 1.807) is 11.3 Å². The quantitative estimate of drug-likeness (QED) is 0.508. The summed E-state index contributed by atoms with van der Waals surface area (Å²) in [6, 6.07) is 18.8. The van der Waals surface area contributed by atoms with Crippen molar-refractivity contribution in [3.05, 3.63) is 64.9 Å². The summed E-state index contributed by atoms with van der Waals surface area (Å²) in [5, 5.41) is 4.46. The van der Waals surface area contributed by atoms with E-state index in [1.165, 1.54) is 10.3 Å². The Morgan fingerprint density at radius 2 is 1.91 bits per heavy atom. The third-order valence-corrected chi connectivity index (χ3v) is 4.55. The van der Waals surface area contributed by atoms with Crippen molar-refractivity contribution in [3.63, 3.8) is 0 Å². The van der Waals surface area contributed by atoms with Gasteiger partial charge in [0.2, 0.25) is 0 Å². The van der Waals surface area contributed by atoms with Gasteiger partial charge in [0, 0.05) is 23.2 Å². The maximum Gasteiger partial charge on any atom is 0.134 e. The minimum atomic E-state index is 0.0617. The van der Waals surface area contributed by atoms with Gasteiger partial charge in [-0.1, -0.05) is 42.5 Å². The second kappa shape index (κ2) is 7.40. The summed E-state index contributed by atoms with van der Waals surface area (Å²) in [5.74, 6) is 0.945. The van der Waals surface area contributed by atoms with Crippen molar-refractivity contribution in [1.29, 1.82) is 0 Å². The molecule has 0 aliphatic carbocycles. The van der Waals surface area contributed by atoms with Crippen LogP contribution >= 0.6 is 11.3 Å². The Morgan fingerprint density at radius 1 is 1.05 bits per heavy atom. The smallest absolute Gasteiger partial charge is 0.134 e. The molecule has 0 spiro atoms. The SMILES string of the molecule is CNNCC[C@H](Oc1cccc2ccccc12)c1cccs1. The number of hydrogen-bond donors (Lipinski definition) is 2. The highest BCUT2D eigenvalue weighted by atomic mass is 32.1. The lowest BCUT2D eigenvalue weighted by molar-refractivity contribution is 0.199. The molecule has 1 aromatic heterocycles. The van der Waals surface area contributed by atoms with Crippen molar-refractivity contribution in [3.8, 4) is 5.75 Å². The van der Waals surface area contributed by atoms with Gasteiger partial charge in [-0.05, 0) is 29.9 Å². The zero-order chi connectivity index (χ0) is 15.2. The monoisotopic (exact) mass is 312 g/mol. The number of ether oxygens (including phenoxy) is 1. The second-order valence-electron chi connectivity index (χ2n) is 5.06. The van der Waals surface area contributed by atoms with E-state index in [1.807, 2.05) is 7.05 Å². The molecule has 0 aliphatic heterocycles. The van der Waals surface area contributed by atoms with Crippen LogP contribution in [0.15, 0.2) is 60.0 Å². The summed E-state index contributed by atoms with van der Waals surface area (Å²) >= 11 is 1.74. The van der Waals surface area contributed by atoms with Crippen LogP contribution in [-0.2, 0) is 0 Å². The average Bonchev–Trinajstić information content (AvgIpc) is 3.09. The second-order valence-corrected chi connectivity index (χ2v) is 6.04. The normalized spacial score (nSPS) is 12.4. The number of nitrogens with one attached hydrogen (secondary N) is 2. The molecule has 1 heterocycles. The summed E-state index contributed by atoms with van der Waals surface area (Å²) in [6.45, 7) is 0.851. The molecule has 0 aliphatic rings. The lowest BCUT2D eigenvalue weighted by Crippen LogP contribution is -2.29. The molecule has 0 radical (unpaired) electrons. The number of fused-ring (bicyclic) bond motifs is 1. The van der Waals surface area contributed by atoms with Gasteiger partial charge in [0.05, 0.1) is 0 Å². The molecule has 114 valence electrons. The first kappa shape index (κ1) is 15.0. The molecule has 3 rings (SSSR count). The van der Waals surface area contributed by atoms with Crippen molar-refractivity contribution in [1.82, 2.24) is 10.9 Å². The maximum absolute atomic E-state index is 6.36. The highest BCUT2D eigenvalue weighted by Gasteiger charge is 2.15. The first-order valence-corrected chi connectivity index (χ1v) is 8.34. The van der Waals surface area contributed by atoms with Crippen LogP contribution in [0.25, 0.3) is 10.8 Å². The lowest BCUT2D eigenvalue weighted by Gasteiger charge is -2.19. The predicted octanol–water partition coefficient (Wildman–Crippen LogP) is 4.14. The number of hydrogen-bond acceptors (Lipinski definition) is 4. The number of hydrazine groups is 1. The van der Waals surface area contributed by atoms with E-state index in [0.29, 0.717) is 0 Å². The topological polar surface area (TPSA) is 33.3 Å². The molecule has 1 atom stereocenters. The lowest BCUT2D eigenvalue weighted by atomic mass is 10.1. The molecular formula is C18H20N2OS. The Morgan fingerprint density at radius 3 is 2.73 bits per heavy atom. The number of thiophene rings is 1. The fraction of sp³-hybridized carbons (Fsp3) is 0.222. The van der Waals surface area contributed by atoms with E-state index in [0.717, 1.165) is 24.1 Å². The average molecular weight is 312 g/mol. The van der Waals surface area contributed by atoms with Crippen molar-refractivity contribution in [2.45, 2.75) is 12.5 Å². The molecule has 0 saturated carbocycles. The molecule has 2 N–H and O–H groups in total. The standard InChI is InChI=1S/C18H20N2OS/c1-19-20-12-11-17(18-10-5-13-22-18)21-16-9-4-7-14-6-2-3-8-15(14)16/h2-10,13,17,19-20H,11-12H2,1H3/t17-/m0/s1. The van der Waals surface area contributed by atoms with Gasteiger partial charge in [0.15, 0.2) is 0 Å². The van der Waals surface area contributed by atoms with Crippen LogP contribution in [0.5, 0.6) is 5.75 Å². The molecule has 4 heteroatoms. The van der Waals surface area contributed by atoms with Gasteiger partial charge < -0.3 is 4.74 Å². The van der Waals surface area contributed by atoms with Crippen LogP contribution in [0.1, 0.15) is 17.4 Å². The summed E-state index contributed by atoms with van der Waals surface area (Å²) in [5.41, 5.74) is 6.10. The van der Waals surface area contributed by atoms with E-state index in [4.69, 9.17) is 4.74 Å². The van der Waals surface area contributed by atoms with Crippen molar-refractivity contribution >= 4 is 22.1 Å². The minimum absolute atomic E-state index is 0.0617.